The summed E-state index contributed by atoms with van der Waals surface area (Å²) in [5.74, 6) is 0.595. The van der Waals surface area contributed by atoms with Crippen LogP contribution in [0.4, 0.5) is 21.6 Å². The van der Waals surface area contributed by atoms with Crippen LogP contribution in [0.5, 0.6) is 0 Å². The molecule has 2 fully saturated rings. The molecule has 0 saturated carbocycles. The van der Waals surface area contributed by atoms with Crippen LogP contribution in [0.25, 0.3) is 0 Å². The minimum Gasteiger partial charge on any atom is -0.369 e. The van der Waals surface area contributed by atoms with Crippen LogP contribution in [0, 0.1) is 5.82 Å². The number of aromatic nitrogens is 1. The summed E-state index contributed by atoms with van der Waals surface area (Å²) in [5, 5.41) is 3.18. The van der Waals surface area contributed by atoms with Crippen molar-refractivity contribution in [1.82, 2.24) is 9.88 Å². The molecule has 0 aliphatic carbocycles. The van der Waals surface area contributed by atoms with Crippen molar-refractivity contribution < 1.29 is 9.18 Å². The molecule has 29 heavy (non-hydrogen) atoms. The molecule has 1 aromatic heterocycles. The van der Waals surface area contributed by atoms with Crippen LogP contribution < -0.4 is 15.1 Å². The lowest BCUT2D eigenvalue weighted by atomic mass is 10.1. The maximum absolute atomic E-state index is 13.7. The molecule has 0 bridgehead atoms. The Labute approximate surface area is 174 Å². The van der Waals surface area contributed by atoms with Gasteiger partial charge in [-0.15, -0.1) is 0 Å². The highest BCUT2D eigenvalue weighted by molar-refractivity contribution is 6.30. The number of hydrogen-bond acceptors (Lipinski definition) is 5. The van der Waals surface area contributed by atoms with Crippen molar-refractivity contribution in [3.05, 3.63) is 46.9 Å². The van der Waals surface area contributed by atoms with E-state index in [9.17, 15) is 9.18 Å². The fourth-order valence-corrected chi connectivity index (χ4v) is 4.64. The molecule has 2 aromatic rings. The van der Waals surface area contributed by atoms with E-state index in [1.807, 2.05) is 12.3 Å². The normalized spacial score (nSPS) is 21.7. The van der Waals surface area contributed by atoms with Crippen molar-refractivity contribution in [3.8, 4) is 0 Å². The molecule has 1 N–H and O–H groups in total. The second kappa shape index (κ2) is 7.46. The third-order valence-corrected chi connectivity index (χ3v) is 6.36. The Morgan fingerprint density at radius 2 is 2.00 bits per heavy atom. The van der Waals surface area contributed by atoms with Gasteiger partial charge >= 0.3 is 0 Å². The van der Waals surface area contributed by atoms with Gasteiger partial charge in [0.25, 0.3) is 0 Å². The van der Waals surface area contributed by atoms with Crippen molar-refractivity contribution in [2.24, 2.45) is 0 Å². The van der Waals surface area contributed by atoms with Gasteiger partial charge in [0, 0.05) is 51.2 Å². The van der Waals surface area contributed by atoms with Gasteiger partial charge in [-0.2, -0.15) is 0 Å². The zero-order chi connectivity index (χ0) is 20.0. The van der Waals surface area contributed by atoms with E-state index in [4.69, 9.17) is 11.6 Å². The molecule has 1 atom stereocenters. The van der Waals surface area contributed by atoms with Gasteiger partial charge in [0.15, 0.2) is 5.82 Å². The lowest BCUT2D eigenvalue weighted by Crippen LogP contribution is -2.46. The summed E-state index contributed by atoms with van der Waals surface area (Å²) >= 11 is 5.79. The predicted molar refractivity (Wildman–Crippen MR) is 112 cm³/mol. The second-order valence-corrected chi connectivity index (χ2v) is 8.32. The average molecular weight is 416 g/mol. The molecule has 4 heterocycles. The zero-order valence-corrected chi connectivity index (χ0v) is 16.8. The molecule has 8 heteroatoms. The third kappa shape index (κ3) is 3.53. The monoisotopic (exact) mass is 415 g/mol. The molecule has 1 unspecified atom stereocenters. The van der Waals surface area contributed by atoms with Gasteiger partial charge < -0.3 is 15.1 Å². The number of nitrogens with one attached hydrogen (secondary N) is 1. The first-order valence-corrected chi connectivity index (χ1v) is 10.4. The summed E-state index contributed by atoms with van der Waals surface area (Å²) in [6, 6.07) is 6.96. The van der Waals surface area contributed by atoms with Gasteiger partial charge in [-0.25, -0.2) is 9.37 Å². The minimum absolute atomic E-state index is 0.0633. The third-order valence-electron chi connectivity index (χ3n) is 6.06. The number of anilines is 3. The molecule has 6 nitrogen and oxygen atoms in total. The van der Waals surface area contributed by atoms with Crippen LogP contribution in [-0.2, 0) is 11.3 Å². The maximum Gasteiger partial charge on any atom is 0.247 e. The second-order valence-electron chi connectivity index (χ2n) is 7.92. The van der Waals surface area contributed by atoms with E-state index in [0.717, 1.165) is 74.9 Å². The van der Waals surface area contributed by atoms with E-state index in [1.165, 1.54) is 6.07 Å². The predicted octanol–water partition coefficient (Wildman–Crippen LogP) is 3.12. The SMILES string of the molecule is O=C1Nc2cc(CN3CCN(c4ccc(Cl)c(F)c4)CC3)cnc2N2CCCC12. The van der Waals surface area contributed by atoms with Crippen LogP contribution in [0.2, 0.25) is 5.02 Å². The van der Waals surface area contributed by atoms with E-state index in [1.54, 1.807) is 6.07 Å². The number of pyridine rings is 1. The Morgan fingerprint density at radius 3 is 2.79 bits per heavy atom. The molecular weight excluding hydrogens is 393 g/mol. The molecule has 152 valence electrons. The van der Waals surface area contributed by atoms with E-state index < -0.39 is 0 Å². The Hall–Kier alpha value is -2.38. The first kappa shape index (κ1) is 18.6. The largest absolute Gasteiger partial charge is 0.369 e. The summed E-state index contributed by atoms with van der Waals surface area (Å²) in [6.45, 7) is 5.08. The maximum atomic E-state index is 13.7. The Balaban J connectivity index is 1.24. The summed E-state index contributed by atoms with van der Waals surface area (Å²) in [7, 11) is 0. The van der Waals surface area contributed by atoms with E-state index in [2.05, 4.69) is 31.1 Å². The van der Waals surface area contributed by atoms with Crippen molar-refractivity contribution in [2.45, 2.75) is 25.4 Å². The van der Waals surface area contributed by atoms with Crippen LogP contribution in [0.1, 0.15) is 18.4 Å². The standard InChI is InChI=1S/C21H23ClFN5O/c22-16-4-3-15(11-17(16)23)27-8-6-26(7-9-27)13-14-10-18-20(24-12-14)28-5-1-2-19(28)21(29)25-18/h3-4,10-12,19H,1-2,5-9,13H2,(H,25,29). The lowest BCUT2D eigenvalue weighted by molar-refractivity contribution is -0.117. The summed E-state index contributed by atoms with van der Waals surface area (Å²) in [4.78, 5) is 23.6. The zero-order valence-electron chi connectivity index (χ0n) is 16.1. The summed E-state index contributed by atoms with van der Waals surface area (Å²) in [6.07, 6.45) is 3.85. The van der Waals surface area contributed by atoms with Crippen LogP contribution in [-0.4, -0.2) is 54.6 Å². The average Bonchev–Trinajstić information content (AvgIpc) is 3.21. The minimum atomic E-state index is -0.381. The number of rotatable bonds is 3. The number of carbonyl (C=O) groups is 1. The Bertz CT molecular complexity index is 947. The van der Waals surface area contributed by atoms with Gasteiger partial charge in [-0.3, -0.25) is 9.69 Å². The first-order valence-electron chi connectivity index (χ1n) is 10.1. The summed E-state index contributed by atoms with van der Waals surface area (Å²) in [5.41, 5.74) is 2.78. The molecule has 0 spiro atoms. The number of piperazine rings is 1. The number of halogens is 2. The fraction of sp³-hybridized carbons (Fsp3) is 0.429. The van der Waals surface area contributed by atoms with Crippen LogP contribution >= 0.6 is 11.6 Å². The Kier molecular flexibility index (Phi) is 4.80. The topological polar surface area (TPSA) is 51.7 Å². The molecule has 3 aliphatic heterocycles. The quantitative estimate of drug-likeness (QED) is 0.834. The van der Waals surface area contributed by atoms with Gasteiger partial charge in [0.2, 0.25) is 5.91 Å². The first-order chi connectivity index (χ1) is 14.1. The van der Waals surface area contributed by atoms with Crippen LogP contribution in [0.15, 0.2) is 30.5 Å². The number of benzene rings is 1. The molecule has 3 aliphatic rings. The fourth-order valence-electron chi connectivity index (χ4n) is 4.52. The van der Waals surface area contributed by atoms with E-state index in [0.29, 0.717) is 0 Å². The van der Waals surface area contributed by atoms with Crippen molar-refractivity contribution in [2.75, 3.05) is 47.8 Å². The van der Waals surface area contributed by atoms with Gasteiger partial charge in [0.05, 0.1) is 10.7 Å². The van der Waals surface area contributed by atoms with Crippen molar-refractivity contribution >= 4 is 34.7 Å². The summed E-state index contributed by atoms with van der Waals surface area (Å²) < 4.78 is 13.7. The smallest absolute Gasteiger partial charge is 0.247 e. The molecule has 0 radical (unpaired) electrons. The highest BCUT2D eigenvalue weighted by atomic mass is 35.5. The molecule has 1 amide bonds. The van der Waals surface area contributed by atoms with Gasteiger partial charge in [-0.1, -0.05) is 11.6 Å². The number of fused-ring (bicyclic) bond motifs is 3. The number of hydrogen-bond donors (Lipinski definition) is 1. The van der Waals surface area contributed by atoms with Gasteiger partial charge in [0.1, 0.15) is 11.9 Å². The molecule has 1 aromatic carbocycles. The molecule has 5 rings (SSSR count). The highest BCUT2D eigenvalue weighted by Crippen LogP contribution is 2.35. The van der Waals surface area contributed by atoms with Crippen molar-refractivity contribution in [1.29, 1.82) is 0 Å². The lowest BCUT2D eigenvalue weighted by Gasteiger charge is -2.36. The number of amides is 1. The molecular formula is C21H23ClFN5O. The van der Waals surface area contributed by atoms with E-state index >= 15 is 0 Å². The Morgan fingerprint density at radius 1 is 1.17 bits per heavy atom. The van der Waals surface area contributed by atoms with Gasteiger partial charge in [-0.05, 0) is 42.7 Å². The number of nitrogens with zero attached hydrogens (tertiary/aromatic N) is 4. The molecule has 2 saturated heterocycles. The highest BCUT2D eigenvalue weighted by Gasteiger charge is 2.37. The van der Waals surface area contributed by atoms with Crippen molar-refractivity contribution in [3.63, 3.8) is 0 Å². The van der Waals surface area contributed by atoms with Crippen LogP contribution in [0.3, 0.4) is 0 Å². The van der Waals surface area contributed by atoms with E-state index in [-0.39, 0.29) is 22.8 Å². The number of carbonyl (C=O) groups excluding carboxylic acids is 1.